The molecule has 2 bridgehead atoms. The first-order valence-corrected chi connectivity index (χ1v) is 8.19. The fourth-order valence-corrected chi connectivity index (χ4v) is 3.91. The second kappa shape index (κ2) is 7.47. The van der Waals surface area contributed by atoms with Gasteiger partial charge in [-0.05, 0) is 56.6 Å². The molecule has 0 spiro atoms. The monoisotopic (exact) mass is 322 g/mol. The van der Waals surface area contributed by atoms with Gasteiger partial charge in [-0.3, -0.25) is 4.79 Å². The lowest BCUT2D eigenvalue weighted by Gasteiger charge is -2.28. The zero-order chi connectivity index (χ0) is 14.8. The van der Waals surface area contributed by atoms with E-state index in [2.05, 4.69) is 42.7 Å². The van der Waals surface area contributed by atoms with Crippen LogP contribution in [-0.4, -0.2) is 18.0 Å². The minimum Gasteiger partial charge on any atom is -0.352 e. The van der Waals surface area contributed by atoms with Crippen LogP contribution in [0.1, 0.15) is 48.8 Å². The van der Waals surface area contributed by atoms with Crippen molar-refractivity contribution < 1.29 is 4.79 Å². The van der Waals surface area contributed by atoms with E-state index in [1.165, 1.54) is 42.4 Å². The highest BCUT2D eigenvalue weighted by Crippen LogP contribution is 2.32. The van der Waals surface area contributed by atoms with Crippen molar-refractivity contribution in [2.24, 2.45) is 5.92 Å². The lowest BCUT2D eigenvalue weighted by atomic mass is 9.89. The summed E-state index contributed by atoms with van der Waals surface area (Å²) in [7, 11) is 0. The van der Waals surface area contributed by atoms with Crippen LogP contribution in [0.5, 0.6) is 0 Å². The molecule has 122 valence electrons. The fraction of sp³-hybridized carbons (Fsp3) is 0.611. The van der Waals surface area contributed by atoms with E-state index in [9.17, 15) is 4.79 Å². The highest BCUT2D eigenvalue weighted by Gasteiger charge is 2.34. The van der Waals surface area contributed by atoms with Crippen molar-refractivity contribution in [2.45, 2.75) is 64.6 Å². The number of hydrogen-bond acceptors (Lipinski definition) is 2. The van der Waals surface area contributed by atoms with Crippen LogP contribution in [-0.2, 0) is 11.3 Å². The van der Waals surface area contributed by atoms with Crippen molar-refractivity contribution in [1.82, 2.24) is 10.6 Å². The summed E-state index contributed by atoms with van der Waals surface area (Å²) in [5, 5.41) is 6.73. The summed E-state index contributed by atoms with van der Waals surface area (Å²) < 4.78 is 0. The Morgan fingerprint density at radius 1 is 1.23 bits per heavy atom. The molecule has 2 heterocycles. The van der Waals surface area contributed by atoms with Gasteiger partial charge in [-0.25, -0.2) is 0 Å². The molecule has 1 aromatic rings. The van der Waals surface area contributed by atoms with E-state index < -0.39 is 0 Å². The summed E-state index contributed by atoms with van der Waals surface area (Å²) in [5.41, 5.74) is 3.75. The first-order valence-electron chi connectivity index (χ1n) is 8.19. The number of carbonyl (C=O) groups is 1. The highest BCUT2D eigenvalue weighted by molar-refractivity contribution is 5.85. The van der Waals surface area contributed by atoms with Gasteiger partial charge in [0, 0.05) is 25.0 Å². The topological polar surface area (TPSA) is 41.1 Å². The van der Waals surface area contributed by atoms with E-state index >= 15 is 0 Å². The highest BCUT2D eigenvalue weighted by atomic mass is 35.5. The zero-order valence-electron chi connectivity index (χ0n) is 13.5. The molecule has 0 aromatic heterocycles. The predicted molar refractivity (Wildman–Crippen MR) is 92.3 cm³/mol. The Morgan fingerprint density at radius 2 is 1.91 bits per heavy atom. The molecule has 1 aromatic carbocycles. The Bertz CT molecular complexity index is 520. The van der Waals surface area contributed by atoms with E-state index in [0.717, 1.165) is 0 Å². The van der Waals surface area contributed by atoms with Crippen molar-refractivity contribution in [2.75, 3.05) is 0 Å². The molecule has 2 aliphatic heterocycles. The lowest BCUT2D eigenvalue weighted by molar-refractivity contribution is -0.122. The van der Waals surface area contributed by atoms with Gasteiger partial charge in [-0.2, -0.15) is 0 Å². The Hall–Kier alpha value is -1.06. The normalized spacial score (nSPS) is 26.4. The smallest absolute Gasteiger partial charge is 0.220 e. The number of aryl methyl sites for hydroxylation is 2. The molecule has 0 aliphatic carbocycles. The summed E-state index contributed by atoms with van der Waals surface area (Å²) in [5.74, 6) is 0.782. The minimum atomic E-state index is 0. The molecule has 2 aliphatic rings. The van der Waals surface area contributed by atoms with Crippen molar-refractivity contribution >= 4 is 18.3 Å². The first kappa shape index (κ1) is 17.3. The van der Waals surface area contributed by atoms with Crippen LogP contribution in [0.2, 0.25) is 0 Å². The molecule has 1 amide bonds. The van der Waals surface area contributed by atoms with E-state index in [-0.39, 0.29) is 18.3 Å². The van der Waals surface area contributed by atoms with Crippen molar-refractivity contribution in [1.29, 1.82) is 0 Å². The number of halogens is 1. The van der Waals surface area contributed by atoms with E-state index in [1.807, 2.05) is 0 Å². The van der Waals surface area contributed by atoms with E-state index in [0.29, 0.717) is 31.0 Å². The standard InChI is InChI=1S/C18H26N2O.ClH/c1-12-3-4-15(13(2)7-12)11-19-18(21)10-14-8-16-5-6-17(9-14)20-16;/h3-4,7,14,16-17,20H,5-6,8-11H2,1-2H3,(H,19,21);1H. The molecular weight excluding hydrogens is 296 g/mol. The van der Waals surface area contributed by atoms with Crippen LogP contribution in [0.15, 0.2) is 18.2 Å². The van der Waals surface area contributed by atoms with Gasteiger partial charge in [-0.1, -0.05) is 23.8 Å². The first-order chi connectivity index (χ1) is 10.1. The average molecular weight is 323 g/mol. The maximum Gasteiger partial charge on any atom is 0.220 e. The van der Waals surface area contributed by atoms with Gasteiger partial charge < -0.3 is 10.6 Å². The largest absolute Gasteiger partial charge is 0.352 e. The molecule has 0 saturated carbocycles. The van der Waals surface area contributed by atoms with Crippen molar-refractivity contribution in [3.05, 3.63) is 34.9 Å². The summed E-state index contributed by atoms with van der Waals surface area (Å²) in [6.07, 6.45) is 5.64. The fourth-order valence-electron chi connectivity index (χ4n) is 3.91. The summed E-state index contributed by atoms with van der Waals surface area (Å²) in [4.78, 5) is 12.2. The molecule has 4 heteroatoms. The van der Waals surface area contributed by atoms with Crippen LogP contribution < -0.4 is 10.6 Å². The molecule has 2 fully saturated rings. The van der Waals surface area contributed by atoms with Gasteiger partial charge in [0.05, 0.1) is 0 Å². The van der Waals surface area contributed by atoms with Crippen molar-refractivity contribution in [3.8, 4) is 0 Å². The van der Waals surface area contributed by atoms with Gasteiger partial charge in [0.2, 0.25) is 5.91 Å². The molecule has 2 N–H and O–H groups in total. The lowest BCUT2D eigenvalue weighted by Crippen LogP contribution is -2.39. The molecule has 22 heavy (non-hydrogen) atoms. The summed E-state index contributed by atoms with van der Waals surface area (Å²) >= 11 is 0. The molecule has 0 radical (unpaired) electrons. The third-order valence-electron chi connectivity index (χ3n) is 5.02. The summed E-state index contributed by atoms with van der Waals surface area (Å²) in [6, 6.07) is 7.74. The maximum absolute atomic E-state index is 12.2. The molecule has 3 rings (SSSR count). The Morgan fingerprint density at radius 3 is 2.55 bits per heavy atom. The van der Waals surface area contributed by atoms with Crippen LogP contribution in [0.3, 0.4) is 0 Å². The zero-order valence-corrected chi connectivity index (χ0v) is 14.3. The number of carbonyl (C=O) groups excluding carboxylic acids is 1. The van der Waals surface area contributed by atoms with Crippen molar-refractivity contribution in [3.63, 3.8) is 0 Å². The Labute approximate surface area is 139 Å². The van der Waals surface area contributed by atoms with Crippen LogP contribution in [0.25, 0.3) is 0 Å². The van der Waals surface area contributed by atoms with Crippen LogP contribution in [0, 0.1) is 19.8 Å². The summed E-state index contributed by atoms with van der Waals surface area (Å²) in [6.45, 7) is 4.86. The van der Waals surface area contributed by atoms with Gasteiger partial charge in [-0.15, -0.1) is 12.4 Å². The van der Waals surface area contributed by atoms with Gasteiger partial charge >= 0.3 is 0 Å². The third-order valence-corrected chi connectivity index (χ3v) is 5.02. The number of rotatable bonds is 4. The number of piperidine rings is 1. The SMILES string of the molecule is Cc1ccc(CNC(=O)CC2CC3CCC(C2)N3)c(C)c1.Cl. The average Bonchev–Trinajstić information content (AvgIpc) is 2.77. The molecule has 2 saturated heterocycles. The Balaban J connectivity index is 0.00000176. The Kier molecular flexibility index (Phi) is 5.87. The quantitative estimate of drug-likeness (QED) is 0.893. The van der Waals surface area contributed by atoms with Gasteiger partial charge in [0.25, 0.3) is 0 Å². The maximum atomic E-state index is 12.2. The van der Waals surface area contributed by atoms with E-state index in [1.54, 1.807) is 0 Å². The molecular formula is C18H27ClN2O. The molecule has 3 nitrogen and oxygen atoms in total. The van der Waals surface area contributed by atoms with E-state index in [4.69, 9.17) is 0 Å². The number of hydrogen-bond donors (Lipinski definition) is 2. The number of nitrogens with one attached hydrogen (secondary N) is 2. The third kappa shape index (κ3) is 4.23. The number of amides is 1. The second-order valence-corrected chi connectivity index (χ2v) is 6.89. The molecule has 2 atom stereocenters. The number of benzene rings is 1. The van der Waals surface area contributed by atoms with Crippen LogP contribution in [0.4, 0.5) is 0 Å². The van der Waals surface area contributed by atoms with Crippen LogP contribution >= 0.6 is 12.4 Å². The van der Waals surface area contributed by atoms with Gasteiger partial charge in [0.1, 0.15) is 0 Å². The predicted octanol–water partition coefficient (Wildman–Crippen LogP) is 3.26. The molecule has 2 unspecified atom stereocenters. The minimum absolute atomic E-state index is 0. The van der Waals surface area contributed by atoms with Gasteiger partial charge in [0.15, 0.2) is 0 Å². The second-order valence-electron chi connectivity index (χ2n) is 6.89. The number of fused-ring (bicyclic) bond motifs is 2.